The molecule has 2 heteroatoms. The molecule has 0 aliphatic heterocycles. The molecule has 1 rings (SSSR count). The molecule has 1 saturated carbocycles. The average Bonchev–Trinajstić information content (AvgIpc) is 2.45. The summed E-state index contributed by atoms with van der Waals surface area (Å²) in [6.07, 6.45) is 18.7. The van der Waals surface area contributed by atoms with Crippen LogP contribution in [-0.4, -0.2) is 12.6 Å². The molecule has 1 aliphatic rings. The summed E-state index contributed by atoms with van der Waals surface area (Å²) in [5.41, 5.74) is 0. The van der Waals surface area contributed by atoms with Crippen LogP contribution in [0.2, 0.25) is 0 Å². The number of hydrogen-bond donors (Lipinski definition) is 0. The van der Waals surface area contributed by atoms with Crippen molar-refractivity contribution in [1.82, 2.24) is 0 Å². The molecule has 0 saturated heterocycles. The van der Waals surface area contributed by atoms with Gasteiger partial charge in [0.1, 0.15) is 0 Å². The predicted molar refractivity (Wildman–Crippen MR) is 89.4 cm³/mol. The van der Waals surface area contributed by atoms with E-state index in [0.717, 1.165) is 6.42 Å². The minimum Gasteiger partial charge on any atom is -0.465 e. The smallest absolute Gasteiger partial charge is 0.305 e. The molecule has 0 heterocycles. The van der Waals surface area contributed by atoms with Crippen LogP contribution < -0.4 is 0 Å². The van der Waals surface area contributed by atoms with Crippen molar-refractivity contribution in [3.05, 3.63) is 0 Å². The van der Waals surface area contributed by atoms with Crippen LogP contribution in [0.1, 0.15) is 103 Å². The van der Waals surface area contributed by atoms with Crippen molar-refractivity contribution in [1.29, 1.82) is 0 Å². The van der Waals surface area contributed by atoms with Crippen molar-refractivity contribution < 1.29 is 9.53 Å². The maximum atomic E-state index is 11.8. The zero-order chi connectivity index (χ0) is 15.2. The molecule has 124 valence electrons. The molecule has 0 aromatic carbocycles. The molecule has 1 fully saturated rings. The van der Waals surface area contributed by atoms with Gasteiger partial charge in [0, 0.05) is 6.42 Å². The van der Waals surface area contributed by atoms with Crippen molar-refractivity contribution in [2.24, 2.45) is 5.92 Å². The topological polar surface area (TPSA) is 26.3 Å². The van der Waals surface area contributed by atoms with E-state index in [0.29, 0.717) is 18.9 Å². The first-order chi connectivity index (χ1) is 10.3. The highest BCUT2D eigenvalue weighted by molar-refractivity contribution is 5.69. The standard InChI is InChI=1S/C19H36O2/c1-2-3-4-5-6-10-13-16-19(20)21-17-18-14-11-8-7-9-12-15-18/h18H,2-17H2,1H3. The van der Waals surface area contributed by atoms with Crippen LogP contribution in [0.4, 0.5) is 0 Å². The summed E-state index contributed by atoms with van der Waals surface area (Å²) >= 11 is 0. The van der Waals surface area contributed by atoms with Gasteiger partial charge in [0.05, 0.1) is 6.61 Å². The fourth-order valence-corrected chi connectivity index (χ4v) is 3.22. The second kappa shape index (κ2) is 13.2. The van der Waals surface area contributed by atoms with Crippen LogP contribution >= 0.6 is 0 Å². The highest BCUT2D eigenvalue weighted by Crippen LogP contribution is 2.22. The molecular formula is C19H36O2. The molecule has 1 aliphatic carbocycles. The third-order valence-corrected chi connectivity index (χ3v) is 4.69. The minimum absolute atomic E-state index is 0.0330. The van der Waals surface area contributed by atoms with Gasteiger partial charge in [-0.25, -0.2) is 0 Å². The van der Waals surface area contributed by atoms with E-state index in [-0.39, 0.29) is 5.97 Å². The van der Waals surface area contributed by atoms with E-state index in [4.69, 9.17) is 4.74 Å². The van der Waals surface area contributed by atoms with E-state index in [1.807, 2.05) is 0 Å². The maximum Gasteiger partial charge on any atom is 0.305 e. The summed E-state index contributed by atoms with van der Waals surface area (Å²) < 4.78 is 5.48. The summed E-state index contributed by atoms with van der Waals surface area (Å²) in [5, 5.41) is 0. The highest BCUT2D eigenvalue weighted by atomic mass is 16.5. The van der Waals surface area contributed by atoms with Gasteiger partial charge >= 0.3 is 5.97 Å². The van der Waals surface area contributed by atoms with Crippen LogP contribution in [0, 0.1) is 5.92 Å². The van der Waals surface area contributed by atoms with Gasteiger partial charge in [-0.15, -0.1) is 0 Å². The Hall–Kier alpha value is -0.530. The molecule has 21 heavy (non-hydrogen) atoms. The number of carbonyl (C=O) groups is 1. The van der Waals surface area contributed by atoms with Crippen LogP contribution in [0.5, 0.6) is 0 Å². The predicted octanol–water partition coefficient (Wildman–Crippen LogP) is 6.03. The Labute approximate surface area is 132 Å². The van der Waals surface area contributed by atoms with Crippen molar-refractivity contribution in [3.8, 4) is 0 Å². The second-order valence-corrected chi connectivity index (χ2v) is 6.77. The van der Waals surface area contributed by atoms with Crippen molar-refractivity contribution >= 4 is 5.97 Å². The Morgan fingerprint density at radius 1 is 0.857 bits per heavy atom. The normalized spacial score (nSPS) is 17.2. The van der Waals surface area contributed by atoms with Gasteiger partial charge in [-0.3, -0.25) is 4.79 Å². The quantitative estimate of drug-likeness (QED) is 0.363. The number of unbranched alkanes of at least 4 members (excludes halogenated alkanes) is 6. The number of rotatable bonds is 10. The van der Waals surface area contributed by atoms with Crippen molar-refractivity contribution in [2.75, 3.05) is 6.61 Å². The van der Waals surface area contributed by atoms with Crippen LogP contribution in [0.25, 0.3) is 0 Å². The van der Waals surface area contributed by atoms with E-state index in [1.165, 1.54) is 83.5 Å². The Balaban J connectivity index is 1.95. The van der Waals surface area contributed by atoms with Gasteiger partial charge < -0.3 is 4.74 Å². The lowest BCUT2D eigenvalue weighted by Gasteiger charge is -2.19. The minimum atomic E-state index is 0.0330. The Bertz CT molecular complexity index is 242. The van der Waals surface area contributed by atoms with E-state index in [9.17, 15) is 4.79 Å². The average molecular weight is 296 g/mol. The van der Waals surface area contributed by atoms with Gasteiger partial charge in [0.25, 0.3) is 0 Å². The second-order valence-electron chi connectivity index (χ2n) is 6.77. The van der Waals surface area contributed by atoms with E-state index < -0.39 is 0 Å². The third-order valence-electron chi connectivity index (χ3n) is 4.69. The largest absolute Gasteiger partial charge is 0.465 e. The zero-order valence-corrected chi connectivity index (χ0v) is 14.2. The van der Waals surface area contributed by atoms with Crippen LogP contribution in [0.3, 0.4) is 0 Å². The third kappa shape index (κ3) is 10.8. The molecule has 0 spiro atoms. The highest BCUT2D eigenvalue weighted by Gasteiger charge is 2.13. The fraction of sp³-hybridized carbons (Fsp3) is 0.947. The number of hydrogen-bond acceptors (Lipinski definition) is 2. The fourth-order valence-electron chi connectivity index (χ4n) is 3.22. The molecule has 0 radical (unpaired) electrons. The molecule has 0 aromatic rings. The van der Waals surface area contributed by atoms with Gasteiger partial charge in [0.2, 0.25) is 0 Å². The lowest BCUT2D eigenvalue weighted by molar-refractivity contribution is -0.145. The summed E-state index contributed by atoms with van der Waals surface area (Å²) in [5.74, 6) is 0.661. The first-order valence-electron chi connectivity index (χ1n) is 9.48. The lowest BCUT2D eigenvalue weighted by atomic mass is 9.92. The molecule has 0 aromatic heterocycles. The molecular weight excluding hydrogens is 260 g/mol. The molecule has 0 amide bonds. The van der Waals surface area contributed by atoms with Crippen LogP contribution in [0.15, 0.2) is 0 Å². The number of carbonyl (C=O) groups excluding carboxylic acids is 1. The zero-order valence-electron chi connectivity index (χ0n) is 14.2. The van der Waals surface area contributed by atoms with Crippen molar-refractivity contribution in [3.63, 3.8) is 0 Å². The summed E-state index contributed by atoms with van der Waals surface area (Å²) in [6.45, 7) is 2.92. The van der Waals surface area contributed by atoms with E-state index in [2.05, 4.69) is 6.92 Å². The monoisotopic (exact) mass is 296 g/mol. The molecule has 0 atom stereocenters. The first-order valence-corrected chi connectivity index (χ1v) is 9.48. The van der Waals surface area contributed by atoms with E-state index in [1.54, 1.807) is 0 Å². The SMILES string of the molecule is CCCCCCCCCC(=O)OCC1CCCCCCC1. The molecule has 0 bridgehead atoms. The number of ether oxygens (including phenoxy) is 1. The molecule has 0 unspecified atom stereocenters. The van der Waals surface area contributed by atoms with Gasteiger partial charge in [-0.1, -0.05) is 77.6 Å². The summed E-state index contributed by atoms with van der Waals surface area (Å²) in [6, 6.07) is 0. The Morgan fingerprint density at radius 2 is 1.43 bits per heavy atom. The summed E-state index contributed by atoms with van der Waals surface area (Å²) in [7, 11) is 0. The Kier molecular flexibility index (Phi) is 11.6. The van der Waals surface area contributed by atoms with Gasteiger partial charge in [-0.2, -0.15) is 0 Å². The summed E-state index contributed by atoms with van der Waals surface area (Å²) in [4.78, 5) is 11.8. The number of esters is 1. The lowest BCUT2D eigenvalue weighted by Crippen LogP contribution is -2.15. The molecule has 2 nitrogen and oxygen atoms in total. The molecule has 0 N–H and O–H groups in total. The van der Waals surface area contributed by atoms with Gasteiger partial charge in [-0.05, 0) is 25.2 Å². The maximum absolute atomic E-state index is 11.8. The first kappa shape index (κ1) is 18.5. The van der Waals surface area contributed by atoms with Crippen LogP contribution in [-0.2, 0) is 9.53 Å². The van der Waals surface area contributed by atoms with Crippen molar-refractivity contribution in [2.45, 2.75) is 103 Å². The Morgan fingerprint density at radius 3 is 2.10 bits per heavy atom. The van der Waals surface area contributed by atoms with E-state index >= 15 is 0 Å². The van der Waals surface area contributed by atoms with Gasteiger partial charge in [0.15, 0.2) is 0 Å².